The fraction of sp³-hybridized carbons (Fsp3) is 0.417. The van der Waals surface area contributed by atoms with E-state index in [0.29, 0.717) is 25.4 Å². The number of methoxy groups -OCH3 is 1. The van der Waals surface area contributed by atoms with Crippen molar-refractivity contribution in [1.29, 1.82) is 0 Å². The number of halogens is 1. The summed E-state index contributed by atoms with van der Waals surface area (Å²) >= 11 is 0. The van der Waals surface area contributed by atoms with E-state index in [2.05, 4.69) is 5.32 Å². The molecule has 0 heterocycles. The number of ether oxygens (including phenoxy) is 1. The Morgan fingerprint density at radius 2 is 1.94 bits per heavy atom. The number of amides is 2. The van der Waals surface area contributed by atoms with Gasteiger partial charge >= 0.3 is 0 Å². The first kappa shape index (κ1) is 22.7. The zero-order chi connectivity index (χ0) is 22.4. The maximum atomic E-state index is 13.7. The van der Waals surface area contributed by atoms with Gasteiger partial charge in [-0.2, -0.15) is 0 Å². The molecule has 7 heteroatoms. The highest BCUT2D eigenvalue weighted by Gasteiger charge is 2.25. The van der Waals surface area contributed by atoms with E-state index in [1.165, 1.54) is 18.2 Å². The molecule has 0 saturated heterocycles. The van der Waals surface area contributed by atoms with Gasteiger partial charge in [-0.25, -0.2) is 4.39 Å². The van der Waals surface area contributed by atoms with Crippen molar-refractivity contribution in [3.05, 3.63) is 59.4 Å². The van der Waals surface area contributed by atoms with Crippen LogP contribution in [-0.2, 0) is 16.1 Å². The van der Waals surface area contributed by atoms with Gasteiger partial charge in [-0.15, -0.1) is 0 Å². The smallest absolute Gasteiger partial charge is 0.254 e. The summed E-state index contributed by atoms with van der Waals surface area (Å²) < 4.78 is 18.9. The van der Waals surface area contributed by atoms with Gasteiger partial charge in [-0.1, -0.05) is 12.5 Å². The third kappa shape index (κ3) is 5.82. The predicted octanol–water partition coefficient (Wildman–Crippen LogP) is 3.92. The second kappa shape index (κ2) is 10.4. The quantitative estimate of drug-likeness (QED) is 0.659. The van der Waals surface area contributed by atoms with Gasteiger partial charge in [0.2, 0.25) is 5.91 Å². The van der Waals surface area contributed by atoms with E-state index >= 15 is 0 Å². The first-order valence-electron chi connectivity index (χ1n) is 10.5. The third-order valence-corrected chi connectivity index (χ3v) is 5.59. The van der Waals surface area contributed by atoms with Crippen LogP contribution in [-0.4, -0.2) is 51.1 Å². The Balaban J connectivity index is 1.86. The molecular formula is C24H30FN3O3. The third-order valence-electron chi connectivity index (χ3n) is 5.59. The number of benzene rings is 2. The standard InChI is InChI=1S/C24H30FN3O3/c1-27(2)22-11-10-21(26-23(29)17-6-4-7-17)15-19(22)16-28(12-13-31-3)24(30)18-8-5-9-20(25)14-18/h5,8-11,14-15,17H,4,6-7,12-13,16H2,1-3H3,(H,26,29). The fourth-order valence-electron chi connectivity index (χ4n) is 3.60. The summed E-state index contributed by atoms with van der Waals surface area (Å²) in [4.78, 5) is 29.1. The molecule has 0 aromatic heterocycles. The Kier molecular flexibility index (Phi) is 7.63. The molecule has 0 atom stereocenters. The normalized spacial score (nSPS) is 13.4. The lowest BCUT2D eigenvalue weighted by Gasteiger charge is -2.27. The topological polar surface area (TPSA) is 61.9 Å². The molecule has 0 bridgehead atoms. The fourth-order valence-corrected chi connectivity index (χ4v) is 3.60. The zero-order valence-corrected chi connectivity index (χ0v) is 18.4. The highest BCUT2D eigenvalue weighted by atomic mass is 19.1. The minimum absolute atomic E-state index is 0.0434. The number of carbonyl (C=O) groups is 2. The molecule has 166 valence electrons. The van der Waals surface area contributed by atoms with E-state index in [4.69, 9.17) is 4.74 Å². The number of hydrogen-bond acceptors (Lipinski definition) is 4. The van der Waals surface area contributed by atoms with E-state index in [1.807, 2.05) is 37.2 Å². The number of hydrogen-bond donors (Lipinski definition) is 1. The van der Waals surface area contributed by atoms with Crippen molar-refractivity contribution >= 4 is 23.2 Å². The van der Waals surface area contributed by atoms with Crippen LogP contribution in [0.2, 0.25) is 0 Å². The second-order valence-corrected chi connectivity index (χ2v) is 8.08. The first-order chi connectivity index (χ1) is 14.9. The van der Waals surface area contributed by atoms with Crippen molar-refractivity contribution < 1.29 is 18.7 Å². The van der Waals surface area contributed by atoms with Gasteiger partial charge in [0, 0.05) is 57.2 Å². The van der Waals surface area contributed by atoms with Crippen molar-refractivity contribution in [2.75, 3.05) is 44.6 Å². The van der Waals surface area contributed by atoms with Crippen molar-refractivity contribution in [3.63, 3.8) is 0 Å². The summed E-state index contributed by atoms with van der Waals surface area (Å²) in [5.74, 6) is -0.594. The molecule has 1 saturated carbocycles. The van der Waals surface area contributed by atoms with Gasteiger partial charge in [0.1, 0.15) is 5.82 Å². The summed E-state index contributed by atoms with van der Waals surface area (Å²) in [7, 11) is 5.44. The van der Waals surface area contributed by atoms with E-state index < -0.39 is 5.82 Å². The van der Waals surface area contributed by atoms with Crippen LogP contribution >= 0.6 is 0 Å². The predicted molar refractivity (Wildman–Crippen MR) is 120 cm³/mol. The average molecular weight is 428 g/mol. The summed E-state index contributed by atoms with van der Waals surface area (Å²) in [5.41, 5.74) is 2.83. The molecule has 1 aliphatic carbocycles. The number of rotatable bonds is 9. The Morgan fingerprint density at radius 3 is 2.55 bits per heavy atom. The minimum Gasteiger partial charge on any atom is -0.383 e. The van der Waals surface area contributed by atoms with Gasteiger partial charge < -0.3 is 19.9 Å². The molecule has 6 nitrogen and oxygen atoms in total. The van der Waals surface area contributed by atoms with E-state index in [-0.39, 0.29) is 23.3 Å². The number of anilines is 2. The lowest BCUT2D eigenvalue weighted by Crippen LogP contribution is -2.34. The van der Waals surface area contributed by atoms with Crippen LogP contribution in [0.25, 0.3) is 0 Å². The summed E-state index contributed by atoms with van der Waals surface area (Å²) in [6.45, 7) is 1.02. The monoisotopic (exact) mass is 427 g/mol. The number of carbonyl (C=O) groups excluding carboxylic acids is 2. The minimum atomic E-state index is -0.452. The van der Waals surface area contributed by atoms with Crippen LogP contribution in [0.5, 0.6) is 0 Å². The van der Waals surface area contributed by atoms with Crippen LogP contribution in [0, 0.1) is 11.7 Å². The van der Waals surface area contributed by atoms with Gasteiger partial charge in [0.05, 0.1) is 6.61 Å². The maximum Gasteiger partial charge on any atom is 0.254 e. The van der Waals surface area contributed by atoms with Gasteiger partial charge in [-0.05, 0) is 54.8 Å². The molecule has 1 N–H and O–H groups in total. The highest BCUT2D eigenvalue weighted by molar-refractivity contribution is 5.95. The SMILES string of the molecule is COCCN(Cc1cc(NC(=O)C2CCC2)ccc1N(C)C)C(=O)c1cccc(F)c1. The molecule has 0 aliphatic heterocycles. The van der Waals surface area contributed by atoms with Crippen LogP contribution in [0.4, 0.5) is 15.8 Å². The molecule has 2 aromatic carbocycles. The molecule has 0 radical (unpaired) electrons. The summed E-state index contributed by atoms with van der Waals surface area (Å²) in [5, 5.41) is 3.00. The van der Waals surface area contributed by atoms with Crippen molar-refractivity contribution in [3.8, 4) is 0 Å². The van der Waals surface area contributed by atoms with Gasteiger partial charge in [-0.3, -0.25) is 9.59 Å². The lowest BCUT2D eigenvalue weighted by molar-refractivity contribution is -0.122. The van der Waals surface area contributed by atoms with Crippen molar-refractivity contribution in [1.82, 2.24) is 4.90 Å². The molecule has 0 unspecified atom stereocenters. The average Bonchev–Trinajstić information content (AvgIpc) is 2.69. The van der Waals surface area contributed by atoms with Gasteiger partial charge in [0.15, 0.2) is 0 Å². The van der Waals surface area contributed by atoms with Gasteiger partial charge in [0.25, 0.3) is 5.91 Å². The van der Waals surface area contributed by atoms with E-state index in [9.17, 15) is 14.0 Å². The largest absolute Gasteiger partial charge is 0.383 e. The van der Waals surface area contributed by atoms with E-state index in [1.54, 1.807) is 18.1 Å². The molecule has 31 heavy (non-hydrogen) atoms. The van der Waals surface area contributed by atoms with E-state index in [0.717, 1.165) is 30.5 Å². The Morgan fingerprint density at radius 1 is 1.16 bits per heavy atom. The summed E-state index contributed by atoms with van der Waals surface area (Å²) in [6, 6.07) is 11.4. The Labute approximate surface area is 183 Å². The summed E-state index contributed by atoms with van der Waals surface area (Å²) in [6.07, 6.45) is 2.96. The van der Waals surface area contributed by atoms with Crippen molar-refractivity contribution in [2.24, 2.45) is 5.92 Å². The van der Waals surface area contributed by atoms with Crippen LogP contribution < -0.4 is 10.2 Å². The van der Waals surface area contributed by atoms with Crippen molar-refractivity contribution in [2.45, 2.75) is 25.8 Å². The molecule has 3 rings (SSSR count). The van der Waals surface area contributed by atoms with Crippen LogP contribution in [0.1, 0.15) is 35.2 Å². The molecule has 0 spiro atoms. The molecule has 2 aromatic rings. The maximum absolute atomic E-state index is 13.7. The molecule has 2 amide bonds. The molecule has 1 fully saturated rings. The molecule has 1 aliphatic rings. The second-order valence-electron chi connectivity index (χ2n) is 8.08. The zero-order valence-electron chi connectivity index (χ0n) is 18.4. The first-order valence-corrected chi connectivity index (χ1v) is 10.5. The number of nitrogens with one attached hydrogen (secondary N) is 1. The van der Waals surface area contributed by atoms with Crippen LogP contribution in [0.3, 0.4) is 0 Å². The Bertz CT molecular complexity index is 928. The number of nitrogens with zero attached hydrogens (tertiary/aromatic N) is 2. The Hall–Kier alpha value is -2.93. The molecular weight excluding hydrogens is 397 g/mol. The van der Waals surface area contributed by atoms with Crippen LogP contribution in [0.15, 0.2) is 42.5 Å². The lowest BCUT2D eigenvalue weighted by atomic mass is 9.85. The highest BCUT2D eigenvalue weighted by Crippen LogP contribution is 2.29.